The molecular weight excluding hydrogens is 518 g/mol. The molecule has 0 aliphatic rings. The number of carbonyl (C=O) groups is 6. The fourth-order valence-corrected chi connectivity index (χ4v) is 1.75. The predicted octanol–water partition coefficient (Wildman–Crippen LogP) is -2.25. The van der Waals surface area contributed by atoms with Crippen LogP contribution >= 0.6 is 0 Å². The molecule has 0 aliphatic heterocycles. The van der Waals surface area contributed by atoms with Crippen LogP contribution in [-0.2, 0) is 33.5 Å². The van der Waals surface area contributed by atoms with E-state index < -0.39 is 66.5 Å². The zero-order chi connectivity index (χ0) is 31.3. The van der Waals surface area contributed by atoms with Crippen LogP contribution in [0.25, 0.3) is 0 Å². The largest absolute Gasteiger partial charge is 0.547 e. The highest BCUT2D eigenvalue weighted by Crippen LogP contribution is 2.17. The number of nitrogens with zero attached hydrogens (tertiary/aromatic N) is 1. The highest BCUT2D eigenvalue weighted by molar-refractivity contribution is 5.88. The van der Waals surface area contributed by atoms with Crippen molar-refractivity contribution in [1.29, 1.82) is 0 Å². The highest BCUT2D eigenvalue weighted by Gasteiger charge is 2.41. The number of aliphatic hydroxyl groups excluding tert-OH is 2. The Morgan fingerprint density at radius 1 is 0.895 bits per heavy atom. The van der Waals surface area contributed by atoms with Crippen molar-refractivity contribution in [2.24, 2.45) is 0 Å². The van der Waals surface area contributed by atoms with E-state index in [1.165, 1.54) is 0 Å². The zero-order valence-corrected chi connectivity index (χ0v) is 22.4. The summed E-state index contributed by atoms with van der Waals surface area (Å²) < 4.78 is 5.32. The van der Waals surface area contributed by atoms with Crippen molar-refractivity contribution in [2.45, 2.75) is 70.7 Å². The molecule has 0 aromatic rings. The Morgan fingerprint density at radius 2 is 1.34 bits per heavy atom. The highest BCUT2D eigenvalue weighted by atomic mass is 16.5. The first-order valence-electron chi connectivity index (χ1n) is 11.2. The zero-order valence-electron chi connectivity index (χ0n) is 22.4. The first-order valence-corrected chi connectivity index (χ1v) is 11.2. The van der Waals surface area contributed by atoms with Gasteiger partial charge < -0.3 is 54.9 Å². The Balaban J connectivity index is -0.000000249. The van der Waals surface area contributed by atoms with Gasteiger partial charge in [-0.2, -0.15) is 0 Å². The van der Waals surface area contributed by atoms with Gasteiger partial charge in [0.25, 0.3) is 5.97 Å². The van der Waals surface area contributed by atoms with E-state index in [0.29, 0.717) is 17.4 Å². The topological polar surface area (TPSA) is 276 Å². The summed E-state index contributed by atoms with van der Waals surface area (Å²) in [5, 5.41) is 68.8. The van der Waals surface area contributed by atoms with E-state index in [4.69, 9.17) is 40.2 Å². The van der Waals surface area contributed by atoms with E-state index >= 15 is 0 Å². The summed E-state index contributed by atoms with van der Waals surface area (Å²) in [6.07, 6.45) is -3.20. The molecule has 16 heteroatoms. The number of rotatable bonds is 13. The standard InChI is InChI=1S/C11H19NO7.C5H10O3.C4H8O3.C2H4O2/c1-12(2,3)4-5-19-9(15)7-11(18,10(16)17)6-8(13)14;1-2-3-4(6)5(7)8;1-2-3(5)4(6)7;1-2(3)4/h18H,4-7H2,1-3H3,(H-,13,14,16,17);4,6H,2-3H2,1H3,(H,7,8);3,5H,2H2,1H3,(H,6,7);1H3,(H,3,4). The van der Waals surface area contributed by atoms with E-state index in [1.807, 2.05) is 21.1 Å². The van der Waals surface area contributed by atoms with Crippen molar-refractivity contribution in [3.63, 3.8) is 0 Å². The summed E-state index contributed by atoms with van der Waals surface area (Å²) in [5.74, 6) is -7.59. The minimum atomic E-state index is -2.64. The van der Waals surface area contributed by atoms with Crippen LogP contribution in [0.3, 0.4) is 0 Å². The van der Waals surface area contributed by atoms with Gasteiger partial charge in [0.15, 0.2) is 11.7 Å². The molecule has 0 rings (SSSR count). The molecule has 224 valence electrons. The Bertz CT molecular complexity index is 744. The Hall–Kier alpha value is -3.34. The van der Waals surface area contributed by atoms with Gasteiger partial charge in [-0.1, -0.05) is 20.3 Å². The molecule has 0 spiro atoms. The molecule has 0 fully saturated rings. The fraction of sp³-hybridized carbons (Fsp3) is 0.727. The molecule has 0 aliphatic carbocycles. The van der Waals surface area contributed by atoms with Gasteiger partial charge in [0, 0.05) is 6.92 Å². The number of ether oxygens (including phenoxy) is 1. The van der Waals surface area contributed by atoms with Gasteiger partial charge in [0.2, 0.25) is 0 Å². The lowest BCUT2D eigenvalue weighted by atomic mass is 9.96. The molecule has 7 N–H and O–H groups in total. The Kier molecular flexibility index (Phi) is 23.9. The molecule has 0 heterocycles. The lowest BCUT2D eigenvalue weighted by Gasteiger charge is -2.24. The van der Waals surface area contributed by atoms with Crippen LogP contribution in [0.15, 0.2) is 0 Å². The number of esters is 1. The van der Waals surface area contributed by atoms with Crippen LogP contribution in [0.5, 0.6) is 0 Å². The number of aliphatic carboxylic acids is 5. The lowest BCUT2D eigenvalue weighted by molar-refractivity contribution is -0.870. The minimum absolute atomic E-state index is 0.0606. The molecule has 38 heavy (non-hydrogen) atoms. The molecule has 0 radical (unpaired) electrons. The van der Waals surface area contributed by atoms with E-state index in [0.717, 1.165) is 6.92 Å². The smallest absolute Gasteiger partial charge is 0.336 e. The van der Waals surface area contributed by atoms with Crippen molar-refractivity contribution in [1.82, 2.24) is 0 Å². The van der Waals surface area contributed by atoms with E-state index in [-0.39, 0.29) is 19.4 Å². The number of hydrogen-bond acceptors (Lipinski definition) is 11. The van der Waals surface area contributed by atoms with Crippen molar-refractivity contribution in [3.05, 3.63) is 0 Å². The second-order valence-corrected chi connectivity index (χ2v) is 8.72. The minimum Gasteiger partial charge on any atom is -0.547 e. The van der Waals surface area contributed by atoms with Gasteiger partial charge in [-0.3, -0.25) is 14.4 Å². The SMILES string of the molecule is CC(=O)O.CCC(O)C(=O)O.CCCC(O)C(=O)[O-].C[N+](C)(C)CCOC(=O)CC(O)(CC(=O)O)C(=O)O. The number of carboxylic acid groups (broad SMARTS) is 5. The molecule has 0 bridgehead atoms. The predicted molar refractivity (Wildman–Crippen MR) is 126 cm³/mol. The summed E-state index contributed by atoms with van der Waals surface area (Å²) in [7, 11) is 5.64. The maximum atomic E-state index is 11.4. The van der Waals surface area contributed by atoms with Crippen molar-refractivity contribution in [3.8, 4) is 0 Å². The number of carboxylic acids is 5. The molecule has 16 nitrogen and oxygen atoms in total. The van der Waals surface area contributed by atoms with E-state index in [2.05, 4.69) is 0 Å². The maximum Gasteiger partial charge on any atom is 0.336 e. The average molecular weight is 560 g/mol. The van der Waals surface area contributed by atoms with E-state index in [9.17, 15) is 34.2 Å². The quantitative estimate of drug-likeness (QED) is 0.0926. The molecule has 0 aromatic heterocycles. The van der Waals surface area contributed by atoms with Crippen LogP contribution in [0.4, 0.5) is 0 Å². The molecule has 0 aromatic carbocycles. The number of carbonyl (C=O) groups excluding carboxylic acids is 2. The number of quaternary nitrogens is 1. The average Bonchev–Trinajstić information content (AvgIpc) is 2.71. The lowest BCUT2D eigenvalue weighted by Crippen LogP contribution is -2.43. The monoisotopic (exact) mass is 559 g/mol. The summed E-state index contributed by atoms with van der Waals surface area (Å²) in [4.78, 5) is 61.1. The van der Waals surface area contributed by atoms with Gasteiger partial charge in [-0.05, 0) is 12.8 Å². The molecule has 3 atom stereocenters. The van der Waals surface area contributed by atoms with Gasteiger partial charge in [-0.25, -0.2) is 9.59 Å². The summed E-state index contributed by atoms with van der Waals surface area (Å²) >= 11 is 0. The first kappa shape index (κ1) is 41.8. The van der Waals surface area contributed by atoms with Gasteiger partial charge in [-0.15, -0.1) is 0 Å². The van der Waals surface area contributed by atoms with Crippen LogP contribution in [-0.4, -0.2) is 128 Å². The molecular formula is C22H41NO15. The molecule has 0 saturated carbocycles. The van der Waals surface area contributed by atoms with Crippen molar-refractivity contribution in [2.75, 3.05) is 34.3 Å². The van der Waals surface area contributed by atoms with Gasteiger partial charge in [0.05, 0.1) is 46.1 Å². The Morgan fingerprint density at radius 3 is 1.55 bits per heavy atom. The molecule has 3 unspecified atom stereocenters. The number of likely N-dealkylation sites (N-methyl/N-ethyl adjacent to an activating group) is 1. The third-order valence-electron chi connectivity index (χ3n) is 3.81. The molecule has 0 amide bonds. The van der Waals surface area contributed by atoms with Crippen LogP contribution in [0, 0.1) is 0 Å². The van der Waals surface area contributed by atoms with Crippen LogP contribution < -0.4 is 5.11 Å². The first-order chi connectivity index (χ1) is 17.1. The summed E-state index contributed by atoms with van der Waals surface area (Å²) in [6.45, 7) is 5.06. The number of hydrogen-bond donors (Lipinski definition) is 7. The second kappa shape index (κ2) is 21.7. The van der Waals surface area contributed by atoms with E-state index in [1.54, 1.807) is 13.8 Å². The summed E-state index contributed by atoms with van der Waals surface area (Å²) in [6, 6.07) is 0. The van der Waals surface area contributed by atoms with Gasteiger partial charge in [0.1, 0.15) is 13.2 Å². The Labute approximate surface area is 220 Å². The maximum absolute atomic E-state index is 11.4. The summed E-state index contributed by atoms with van der Waals surface area (Å²) in [5.41, 5.74) is -2.64. The second-order valence-electron chi connectivity index (χ2n) is 8.72. The number of aliphatic hydroxyl groups is 3. The van der Waals surface area contributed by atoms with Crippen molar-refractivity contribution >= 4 is 35.8 Å². The normalized spacial score (nSPS) is 13.2. The van der Waals surface area contributed by atoms with Crippen LogP contribution in [0.2, 0.25) is 0 Å². The van der Waals surface area contributed by atoms with Crippen LogP contribution in [0.1, 0.15) is 52.9 Å². The third-order valence-corrected chi connectivity index (χ3v) is 3.81. The fourth-order valence-electron chi connectivity index (χ4n) is 1.75. The third kappa shape index (κ3) is 30.7. The molecule has 0 saturated heterocycles. The van der Waals surface area contributed by atoms with Gasteiger partial charge >= 0.3 is 23.9 Å². The van der Waals surface area contributed by atoms with Crippen molar-refractivity contribution < 1.29 is 78.8 Å².